The maximum absolute atomic E-state index is 5.75. The minimum absolute atomic E-state index is 0.554. The third-order valence-electron chi connectivity index (χ3n) is 3.11. The van der Waals surface area contributed by atoms with Crippen molar-refractivity contribution in [1.29, 1.82) is 0 Å². The highest BCUT2D eigenvalue weighted by atomic mass is 15.3. The highest BCUT2D eigenvalue weighted by Crippen LogP contribution is 2.45. The summed E-state index contributed by atoms with van der Waals surface area (Å²) in [6, 6.07) is 0. The fourth-order valence-electron chi connectivity index (χ4n) is 2.52. The Morgan fingerprint density at radius 2 is 2.21 bits per heavy atom. The Morgan fingerprint density at radius 1 is 1.57 bits per heavy atom. The number of rotatable bonds is 2. The van der Waals surface area contributed by atoms with Gasteiger partial charge in [0.25, 0.3) is 0 Å². The SMILES string of the molecule is Cc1nn(CC2CC(C)(C)C2)cc1N. The van der Waals surface area contributed by atoms with Crippen molar-refractivity contribution in [3.63, 3.8) is 0 Å². The van der Waals surface area contributed by atoms with Crippen molar-refractivity contribution in [2.45, 2.75) is 40.2 Å². The Labute approximate surface area is 85.3 Å². The average Bonchev–Trinajstić information content (AvgIpc) is 2.27. The van der Waals surface area contributed by atoms with Gasteiger partial charge in [-0.3, -0.25) is 4.68 Å². The van der Waals surface area contributed by atoms with Gasteiger partial charge < -0.3 is 5.73 Å². The zero-order valence-electron chi connectivity index (χ0n) is 9.25. The lowest BCUT2D eigenvalue weighted by molar-refractivity contribution is 0.0799. The highest BCUT2D eigenvalue weighted by molar-refractivity contribution is 5.39. The van der Waals surface area contributed by atoms with E-state index in [0.29, 0.717) is 5.41 Å². The topological polar surface area (TPSA) is 43.8 Å². The van der Waals surface area contributed by atoms with Gasteiger partial charge in [0.15, 0.2) is 0 Å². The van der Waals surface area contributed by atoms with Crippen LogP contribution in [0.2, 0.25) is 0 Å². The quantitative estimate of drug-likeness (QED) is 0.782. The Bertz CT molecular complexity index is 311. The molecule has 1 heterocycles. The van der Waals surface area contributed by atoms with Crippen molar-refractivity contribution in [2.24, 2.45) is 11.3 Å². The molecule has 0 aromatic carbocycles. The molecule has 1 fully saturated rings. The second kappa shape index (κ2) is 3.01. The fourth-order valence-corrected chi connectivity index (χ4v) is 2.52. The van der Waals surface area contributed by atoms with Crippen LogP contribution in [0, 0.1) is 18.3 Å². The molecule has 1 aromatic heterocycles. The van der Waals surface area contributed by atoms with Crippen molar-refractivity contribution in [1.82, 2.24) is 9.78 Å². The van der Waals surface area contributed by atoms with Crippen LogP contribution in [0.25, 0.3) is 0 Å². The first-order valence-electron chi connectivity index (χ1n) is 5.26. The van der Waals surface area contributed by atoms with E-state index in [9.17, 15) is 0 Å². The Hall–Kier alpha value is -0.990. The predicted octanol–water partition coefficient (Wildman–Crippen LogP) is 2.21. The fraction of sp³-hybridized carbons (Fsp3) is 0.727. The van der Waals surface area contributed by atoms with Gasteiger partial charge in [0.05, 0.1) is 11.4 Å². The van der Waals surface area contributed by atoms with Crippen molar-refractivity contribution in [2.75, 3.05) is 5.73 Å². The number of anilines is 1. The van der Waals surface area contributed by atoms with Crippen molar-refractivity contribution in [3.05, 3.63) is 11.9 Å². The first-order chi connectivity index (χ1) is 6.46. The summed E-state index contributed by atoms with van der Waals surface area (Å²) in [4.78, 5) is 0. The molecule has 0 saturated heterocycles. The summed E-state index contributed by atoms with van der Waals surface area (Å²) in [6.07, 6.45) is 4.57. The second-order valence-corrected chi connectivity index (χ2v) is 5.33. The summed E-state index contributed by atoms with van der Waals surface area (Å²) in [6.45, 7) is 7.64. The van der Waals surface area contributed by atoms with Gasteiger partial charge in [0, 0.05) is 12.7 Å². The number of nitrogen functional groups attached to an aromatic ring is 1. The third kappa shape index (κ3) is 1.76. The van der Waals surface area contributed by atoms with E-state index in [4.69, 9.17) is 5.73 Å². The van der Waals surface area contributed by atoms with Gasteiger partial charge >= 0.3 is 0 Å². The molecule has 2 N–H and O–H groups in total. The lowest BCUT2D eigenvalue weighted by atomic mass is 9.64. The number of nitrogens with zero attached hydrogens (tertiary/aromatic N) is 2. The Kier molecular flexibility index (Phi) is 2.05. The van der Waals surface area contributed by atoms with E-state index in [2.05, 4.69) is 18.9 Å². The summed E-state index contributed by atoms with van der Waals surface area (Å²) < 4.78 is 1.99. The molecule has 1 aromatic rings. The number of aromatic nitrogens is 2. The molecular weight excluding hydrogens is 174 g/mol. The van der Waals surface area contributed by atoms with Gasteiger partial charge in [-0.1, -0.05) is 13.8 Å². The van der Waals surface area contributed by atoms with E-state index >= 15 is 0 Å². The Balaban J connectivity index is 1.93. The molecular formula is C11H19N3. The number of hydrogen-bond acceptors (Lipinski definition) is 2. The summed E-state index contributed by atoms with van der Waals surface area (Å²) in [5.41, 5.74) is 8.06. The van der Waals surface area contributed by atoms with Crippen LogP contribution in [-0.4, -0.2) is 9.78 Å². The molecule has 1 aliphatic carbocycles. The van der Waals surface area contributed by atoms with Crippen LogP contribution in [0.1, 0.15) is 32.4 Å². The molecule has 0 amide bonds. The molecule has 0 radical (unpaired) electrons. The zero-order chi connectivity index (χ0) is 10.3. The average molecular weight is 193 g/mol. The van der Waals surface area contributed by atoms with Crippen LogP contribution in [-0.2, 0) is 6.54 Å². The molecule has 14 heavy (non-hydrogen) atoms. The number of hydrogen-bond donors (Lipinski definition) is 1. The highest BCUT2D eigenvalue weighted by Gasteiger charge is 2.35. The molecule has 0 atom stereocenters. The largest absolute Gasteiger partial charge is 0.396 e. The normalized spacial score (nSPS) is 20.8. The molecule has 2 rings (SSSR count). The standard InChI is InChI=1S/C11H19N3/c1-8-10(12)7-14(13-8)6-9-4-11(2,3)5-9/h7,9H,4-6,12H2,1-3H3. The summed E-state index contributed by atoms with van der Waals surface area (Å²) in [7, 11) is 0. The Morgan fingerprint density at radius 3 is 2.64 bits per heavy atom. The molecule has 1 saturated carbocycles. The van der Waals surface area contributed by atoms with Gasteiger partial charge in [-0.25, -0.2) is 0 Å². The van der Waals surface area contributed by atoms with E-state index in [0.717, 1.165) is 23.8 Å². The molecule has 1 aliphatic rings. The van der Waals surface area contributed by atoms with E-state index in [1.54, 1.807) is 0 Å². The van der Waals surface area contributed by atoms with Gasteiger partial charge in [-0.05, 0) is 31.1 Å². The number of nitrogens with two attached hydrogens (primary N) is 1. The van der Waals surface area contributed by atoms with E-state index in [-0.39, 0.29) is 0 Å². The maximum atomic E-state index is 5.75. The lowest BCUT2D eigenvalue weighted by Gasteiger charge is -2.42. The van der Waals surface area contributed by atoms with Gasteiger partial charge in [0.2, 0.25) is 0 Å². The molecule has 0 bridgehead atoms. The predicted molar refractivity (Wildman–Crippen MR) is 57.9 cm³/mol. The molecule has 0 unspecified atom stereocenters. The van der Waals surface area contributed by atoms with Gasteiger partial charge in [-0.15, -0.1) is 0 Å². The second-order valence-electron chi connectivity index (χ2n) is 5.33. The van der Waals surface area contributed by atoms with Gasteiger partial charge in [-0.2, -0.15) is 5.10 Å². The van der Waals surface area contributed by atoms with E-state index in [1.165, 1.54) is 12.8 Å². The third-order valence-corrected chi connectivity index (χ3v) is 3.11. The first-order valence-corrected chi connectivity index (χ1v) is 5.26. The molecule has 0 spiro atoms. The van der Waals surface area contributed by atoms with Crippen molar-refractivity contribution in [3.8, 4) is 0 Å². The van der Waals surface area contributed by atoms with Crippen LogP contribution in [0.5, 0.6) is 0 Å². The lowest BCUT2D eigenvalue weighted by Crippen LogP contribution is -2.34. The van der Waals surface area contributed by atoms with Crippen molar-refractivity contribution < 1.29 is 0 Å². The minimum Gasteiger partial charge on any atom is -0.396 e. The van der Waals surface area contributed by atoms with Crippen LogP contribution in [0.4, 0.5) is 5.69 Å². The molecule has 0 aliphatic heterocycles. The molecule has 3 nitrogen and oxygen atoms in total. The maximum Gasteiger partial charge on any atom is 0.0822 e. The smallest absolute Gasteiger partial charge is 0.0822 e. The van der Waals surface area contributed by atoms with Crippen LogP contribution in [0.15, 0.2) is 6.20 Å². The summed E-state index contributed by atoms with van der Waals surface area (Å²) >= 11 is 0. The number of aryl methyl sites for hydroxylation is 1. The van der Waals surface area contributed by atoms with Crippen LogP contribution in [0.3, 0.4) is 0 Å². The minimum atomic E-state index is 0.554. The van der Waals surface area contributed by atoms with Crippen molar-refractivity contribution >= 4 is 5.69 Å². The summed E-state index contributed by atoms with van der Waals surface area (Å²) in [5.74, 6) is 0.795. The van der Waals surface area contributed by atoms with E-state index in [1.807, 2.05) is 17.8 Å². The van der Waals surface area contributed by atoms with Crippen LogP contribution >= 0.6 is 0 Å². The summed E-state index contributed by atoms with van der Waals surface area (Å²) in [5, 5.41) is 4.37. The van der Waals surface area contributed by atoms with Gasteiger partial charge in [0.1, 0.15) is 0 Å². The monoisotopic (exact) mass is 193 g/mol. The first kappa shape index (κ1) is 9.56. The zero-order valence-corrected chi connectivity index (χ0v) is 9.25. The van der Waals surface area contributed by atoms with E-state index < -0.39 is 0 Å². The molecule has 78 valence electrons. The van der Waals surface area contributed by atoms with Crippen LogP contribution < -0.4 is 5.73 Å². The molecule has 3 heteroatoms.